The van der Waals surface area contributed by atoms with Gasteiger partial charge in [0, 0.05) is 0 Å². The van der Waals surface area contributed by atoms with E-state index in [1.165, 1.54) is 89.9 Å². The topological polar surface area (TPSA) is 26.0 Å². The molecule has 3 saturated carbocycles. The van der Waals surface area contributed by atoms with E-state index >= 15 is 0 Å². The lowest BCUT2D eigenvalue weighted by molar-refractivity contribution is 0.0892. The Labute approximate surface area is 169 Å². The molecule has 0 aromatic carbocycles. The van der Waals surface area contributed by atoms with Crippen LogP contribution in [-0.2, 0) is 0 Å². The van der Waals surface area contributed by atoms with Gasteiger partial charge in [0.25, 0.3) is 0 Å². The Morgan fingerprint density at radius 2 is 1.78 bits per heavy atom. The van der Waals surface area contributed by atoms with Gasteiger partial charge >= 0.3 is 0 Å². The van der Waals surface area contributed by atoms with Crippen molar-refractivity contribution in [2.24, 2.45) is 47.2 Å². The molecule has 0 aromatic rings. The van der Waals surface area contributed by atoms with E-state index in [1.54, 1.807) is 5.57 Å². The highest BCUT2D eigenvalue weighted by atomic mass is 14.5. The van der Waals surface area contributed by atoms with Crippen molar-refractivity contribution in [1.82, 2.24) is 0 Å². The smallest absolute Gasteiger partial charge is 0.00744 e. The third-order valence-corrected chi connectivity index (χ3v) is 8.68. The van der Waals surface area contributed by atoms with Crippen LogP contribution >= 0.6 is 0 Å². The fourth-order valence-corrected chi connectivity index (χ4v) is 7.20. The van der Waals surface area contributed by atoms with Crippen molar-refractivity contribution in [3.8, 4) is 0 Å². The molecule has 0 bridgehead atoms. The average molecular weight is 374 g/mol. The lowest BCUT2D eigenvalue weighted by Gasteiger charge is -2.43. The van der Waals surface area contributed by atoms with Crippen LogP contribution in [0.1, 0.15) is 104 Å². The van der Waals surface area contributed by atoms with Crippen molar-refractivity contribution in [3.05, 3.63) is 12.2 Å². The number of hydrogen-bond donors (Lipinski definition) is 1. The van der Waals surface area contributed by atoms with E-state index in [2.05, 4.69) is 13.8 Å². The monoisotopic (exact) mass is 373 g/mol. The minimum Gasteiger partial charge on any atom is -0.330 e. The van der Waals surface area contributed by atoms with Gasteiger partial charge in [-0.1, -0.05) is 70.9 Å². The lowest BCUT2D eigenvalue weighted by Crippen LogP contribution is -2.34. The van der Waals surface area contributed by atoms with E-state index in [1.807, 2.05) is 0 Å². The van der Waals surface area contributed by atoms with Crippen molar-refractivity contribution < 1.29 is 0 Å². The van der Waals surface area contributed by atoms with Crippen LogP contribution in [0.15, 0.2) is 12.2 Å². The molecule has 0 spiro atoms. The lowest BCUT2D eigenvalue weighted by atomic mass is 9.63. The number of hydrogen-bond acceptors (Lipinski definition) is 1. The first-order valence-electron chi connectivity index (χ1n) is 12.5. The summed E-state index contributed by atoms with van der Waals surface area (Å²) in [6, 6.07) is 0. The molecule has 1 nitrogen and oxygen atoms in total. The van der Waals surface area contributed by atoms with E-state index in [0.29, 0.717) is 0 Å². The maximum atomic E-state index is 6.02. The fourth-order valence-electron chi connectivity index (χ4n) is 7.20. The number of rotatable bonds is 11. The van der Waals surface area contributed by atoms with Gasteiger partial charge in [-0.05, 0) is 92.9 Å². The molecule has 0 aromatic heterocycles. The number of allylic oxidation sites excluding steroid dienone is 1. The summed E-state index contributed by atoms with van der Waals surface area (Å²) in [5.41, 5.74) is 7.65. The van der Waals surface area contributed by atoms with E-state index in [9.17, 15) is 0 Å². The Balaban J connectivity index is 1.65. The number of unbranched alkanes of at least 4 members (excludes halogenated alkanes) is 1. The summed E-state index contributed by atoms with van der Waals surface area (Å²) < 4.78 is 0. The Bertz CT molecular complexity index is 443. The van der Waals surface area contributed by atoms with Gasteiger partial charge in [-0.3, -0.25) is 0 Å². The molecule has 4 atom stereocenters. The molecule has 3 aliphatic rings. The molecule has 0 saturated heterocycles. The van der Waals surface area contributed by atoms with Gasteiger partial charge in [0.05, 0.1) is 0 Å². The third kappa shape index (κ3) is 5.40. The van der Waals surface area contributed by atoms with Gasteiger partial charge in [0.15, 0.2) is 0 Å². The van der Waals surface area contributed by atoms with Crippen LogP contribution in [0, 0.1) is 41.4 Å². The van der Waals surface area contributed by atoms with E-state index < -0.39 is 0 Å². The van der Waals surface area contributed by atoms with Crippen LogP contribution < -0.4 is 5.73 Å². The van der Waals surface area contributed by atoms with Gasteiger partial charge in [0.1, 0.15) is 0 Å². The highest BCUT2D eigenvalue weighted by molar-refractivity contribution is 5.08. The van der Waals surface area contributed by atoms with Crippen LogP contribution in [-0.4, -0.2) is 6.54 Å². The molecule has 0 heterocycles. The summed E-state index contributed by atoms with van der Waals surface area (Å²) >= 11 is 0. The first kappa shape index (κ1) is 21.4. The SMILES string of the molecule is C=C(CC(CCN)C1CCCC1)C(CCCC)C1CCCC1C1CC(C)C1. The summed E-state index contributed by atoms with van der Waals surface area (Å²) in [5.74, 6) is 6.54. The Hall–Kier alpha value is -0.300. The fraction of sp³-hybridized carbons (Fsp3) is 0.923. The summed E-state index contributed by atoms with van der Waals surface area (Å²) in [6.07, 6.45) is 19.9. The Morgan fingerprint density at radius 3 is 2.41 bits per heavy atom. The van der Waals surface area contributed by atoms with Gasteiger partial charge in [0.2, 0.25) is 0 Å². The zero-order valence-corrected chi connectivity index (χ0v) is 18.4. The third-order valence-electron chi connectivity index (χ3n) is 8.68. The van der Waals surface area contributed by atoms with Gasteiger partial charge in [-0.25, -0.2) is 0 Å². The molecule has 3 rings (SSSR count). The van der Waals surface area contributed by atoms with Crippen LogP contribution in [0.4, 0.5) is 0 Å². The van der Waals surface area contributed by atoms with Crippen molar-refractivity contribution in [1.29, 1.82) is 0 Å². The van der Waals surface area contributed by atoms with Crippen molar-refractivity contribution in [3.63, 3.8) is 0 Å². The van der Waals surface area contributed by atoms with Crippen LogP contribution in [0.3, 0.4) is 0 Å². The standard InChI is InChI=1S/C26H47N/c1-4-5-11-24(26-13-8-12-25(26)23-16-19(2)17-23)20(3)18-22(14-15-27)21-9-6-7-10-21/h19,21-26H,3-18,27H2,1-2H3. The molecule has 4 unspecified atom stereocenters. The molecule has 1 heteroatoms. The molecule has 3 fully saturated rings. The van der Waals surface area contributed by atoms with Crippen LogP contribution in [0.2, 0.25) is 0 Å². The summed E-state index contributed by atoms with van der Waals surface area (Å²) in [7, 11) is 0. The van der Waals surface area contributed by atoms with Crippen molar-refractivity contribution in [2.45, 2.75) is 104 Å². The van der Waals surface area contributed by atoms with E-state index in [-0.39, 0.29) is 0 Å². The van der Waals surface area contributed by atoms with Gasteiger partial charge in [-0.2, -0.15) is 0 Å². The molecule has 0 radical (unpaired) electrons. The minimum absolute atomic E-state index is 0.801. The van der Waals surface area contributed by atoms with Gasteiger partial charge in [-0.15, -0.1) is 0 Å². The summed E-state index contributed by atoms with van der Waals surface area (Å²) in [5, 5.41) is 0. The normalized spacial score (nSPS) is 33.7. The Kier molecular flexibility index (Phi) is 8.30. The first-order chi connectivity index (χ1) is 13.1. The predicted octanol–water partition coefficient (Wildman–Crippen LogP) is 7.36. The molecule has 0 aliphatic heterocycles. The zero-order chi connectivity index (χ0) is 19.2. The highest BCUT2D eigenvalue weighted by Gasteiger charge is 2.42. The van der Waals surface area contributed by atoms with E-state index in [4.69, 9.17) is 12.3 Å². The van der Waals surface area contributed by atoms with Crippen LogP contribution in [0.25, 0.3) is 0 Å². The van der Waals surface area contributed by atoms with Crippen LogP contribution in [0.5, 0.6) is 0 Å². The van der Waals surface area contributed by atoms with E-state index in [0.717, 1.165) is 48.0 Å². The molecule has 27 heavy (non-hydrogen) atoms. The quantitative estimate of drug-likeness (QED) is 0.376. The molecule has 0 amide bonds. The molecule has 2 N–H and O–H groups in total. The van der Waals surface area contributed by atoms with Gasteiger partial charge < -0.3 is 5.73 Å². The summed E-state index contributed by atoms with van der Waals surface area (Å²) in [4.78, 5) is 0. The van der Waals surface area contributed by atoms with Crippen molar-refractivity contribution >= 4 is 0 Å². The maximum absolute atomic E-state index is 6.02. The predicted molar refractivity (Wildman–Crippen MR) is 119 cm³/mol. The van der Waals surface area contributed by atoms with Crippen molar-refractivity contribution in [2.75, 3.05) is 6.54 Å². The number of nitrogens with two attached hydrogens (primary N) is 1. The zero-order valence-electron chi connectivity index (χ0n) is 18.4. The highest BCUT2D eigenvalue weighted by Crippen LogP contribution is 2.52. The Morgan fingerprint density at radius 1 is 1.04 bits per heavy atom. The maximum Gasteiger partial charge on any atom is -0.00744 e. The minimum atomic E-state index is 0.801. The molecule has 156 valence electrons. The molecular formula is C26H47N. The molecular weight excluding hydrogens is 326 g/mol. The second-order valence-electron chi connectivity index (χ2n) is 10.6. The largest absolute Gasteiger partial charge is 0.330 e. The summed E-state index contributed by atoms with van der Waals surface area (Å²) in [6.45, 7) is 10.4. The first-order valence-corrected chi connectivity index (χ1v) is 12.5. The average Bonchev–Trinajstić information content (AvgIpc) is 3.31. The second kappa shape index (κ2) is 10.5. The second-order valence-corrected chi connectivity index (χ2v) is 10.6. The molecule has 3 aliphatic carbocycles.